The predicted molar refractivity (Wildman–Crippen MR) is 75.6 cm³/mol. The number of rotatable bonds is 3. The number of nitriles is 1. The maximum Gasteiger partial charge on any atom is 0.217 e. The fourth-order valence-corrected chi connectivity index (χ4v) is 2.16. The Morgan fingerprint density at radius 2 is 2.11 bits per heavy atom. The van der Waals surface area contributed by atoms with Crippen LogP contribution in [-0.4, -0.2) is 12.1 Å². The third-order valence-electron chi connectivity index (χ3n) is 2.63. The van der Waals surface area contributed by atoms with E-state index in [0.29, 0.717) is 15.9 Å². The van der Waals surface area contributed by atoms with E-state index in [1.165, 1.54) is 7.11 Å². The van der Waals surface area contributed by atoms with Crippen molar-refractivity contribution in [2.24, 2.45) is 0 Å². The fraction of sp³-hybridized carbons (Fsp3) is 0.143. The summed E-state index contributed by atoms with van der Waals surface area (Å²) in [5, 5.41) is 10.00. The maximum absolute atomic E-state index is 8.82. The summed E-state index contributed by atoms with van der Waals surface area (Å²) in [6.07, 6.45) is 1.87. The Labute approximate surface area is 121 Å². The average molecular weight is 293 g/mol. The molecular formula is C14H10Cl2N2O. The monoisotopic (exact) mass is 292 g/mol. The normalized spacial score (nSPS) is 10.0. The first-order valence-electron chi connectivity index (χ1n) is 5.51. The second-order valence-corrected chi connectivity index (χ2v) is 4.70. The van der Waals surface area contributed by atoms with E-state index in [-0.39, 0.29) is 6.42 Å². The van der Waals surface area contributed by atoms with Gasteiger partial charge in [0.15, 0.2) is 0 Å². The fourth-order valence-electron chi connectivity index (χ4n) is 1.76. The number of pyridine rings is 1. The number of benzene rings is 1. The van der Waals surface area contributed by atoms with Crippen molar-refractivity contribution >= 4 is 23.2 Å². The average Bonchev–Trinajstić information content (AvgIpc) is 2.42. The Bertz CT molecular complexity index is 650. The van der Waals surface area contributed by atoms with E-state index >= 15 is 0 Å². The molecule has 0 saturated heterocycles. The van der Waals surface area contributed by atoms with Gasteiger partial charge >= 0.3 is 0 Å². The molecule has 96 valence electrons. The minimum absolute atomic E-state index is 0.224. The molecular weight excluding hydrogens is 283 g/mol. The first-order valence-corrected chi connectivity index (χ1v) is 6.26. The van der Waals surface area contributed by atoms with Gasteiger partial charge in [-0.15, -0.1) is 0 Å². The molecule has 0 radical (unpaired) electrons. The second kappa shape index (κ2) is 5.92. The summed E-state index contributed by atoms with van der Waals surface area (Å²) in [6, 6.07) is 9.14. The molecule has 1 aromatic heterocycles. The topological polar surface area (TPSA) is 45.9 Å². The highest BCUT2D eigenvalue weighted by Gasteiger charge is 2.10. The van der Waals surface area contributed by atoms with Crippen LogP contribution in [0.25, 0.3) is 11.1 Å². The molecule has 2 aromatic rings. The molecule has 1 aromatic carbocycles. The quantitative estimate of drug-likeness (QED) is 0.854. The number of halogens is 2. The molecule has 0 aliphatic carbocycles. The van der Waals surface area contributed by atoms with Crippen molar-refractivity contribution in [3.63, 3.8) is 0 Å². The van der Waals surface area contributed by atoms with Gasteiger partial charge in [-0.1, -0.05) is 23.2 Å². The number of nitrogens with zero attached hydrogens (tertiary/aromatic N) is 2. The van der Waals surface area contributed by atoms with Gasteiger partial charge in [0.2, 0.25) is 5.88 Å². The second-order valence-electron chi connectivity index (χ2n) is 3.85. The van der Waals surface area contributed by atoms with E-state index in [0.717, 1.165) is 16.7 Å². The lowest BCUT2D eigenvalue weighted by molar-refractivity contribution is 0.394. The van der Waals surface area contributed by atoms with Gasteiger partial charge in [-0.2, -0.15) is 5.26 Å². The zero-order valence-electron chi connectivity index (χ0n) is 10.2. The zero-order valence-corrected chi connectivity index (χ0v) is 11.7. The molecule has 0 aliphatic rings. The van der Waals surface area contributed by atoms with E-state index in [1.807, 2.05) is 6.07 Å². The Morgan fingerprint density at radius 1 is 1.32 bits per heavy atom. The summed E-state index contributed by atoms with van der Waals surface area (Å²) in [4.78, 5) is 4.19. The molecule has 0 saturated carbocycles. The molecule has 0 spiro atoms. The van der Waals surface area contributed by atoms with Crippen LogP contribution in [0.3, 0.4) is 0 Å². The Kier molecular flexibility index (Phi) is 4.26. The van der Waals surface area contributed by atoms with Gasteiger partial charge in [0.05, 0.1) is 19.6 Å². The first-order chi connectivity index (χ1) is 9.15. The molecule has 0 unspecified atom stereocenters. The van der Waals surface area contributed by atoms with Crippen LogP contribution in [0.2, 0.25) is 10.0 Å². The Morgan fingerprint density at radius 3 is 2.79 bits per heavy atom. The van der Waals surface area contributed by atoms with Crippen LogP contribution in [0, 0.1) is 11.3 Å². The number of hydrogen-bond acceptors (Lipinski definition) is 3. The van der Waals surface area contributed by atoms with E-state index in [9.17, 15) is 0 Å². The summed E-state index contributed by atoms with van der Waals surface area (Å²) < 4.78 is 5.12. The summed E-state index contributed by atoms with van der Waals surface area (Å²) >= 11 is 12.1. The van der Waals surface area contributed by atoms with Crippen LogP contribution in [0.4, 0.5) is 0 Å². The summed E-state index contributed by atoms with van der Waals surface area (Å²) in [6.45, 7) is 0. The van der Waals surface area contributed by atoms with Crippen molar-refractivity contribution in [3.8, 4) is 23.1 Å². The Hall–Kier alpha value is -1.76. The number of methoxy groups -OCH3 is 1. The van der Waals surface area contributed by atoms with Gasteiger partial charge in [-0.05, 0) is 24.3 Å². The van der Waals surface area contributed by atoms with Crippen molar-refractivity contribution in [2.75, 3.05) is 7.11 Å². The summed E-state index contributed by atoms with van der Waals surface area (Å²) in [7, 11) is 1.52. The molecule has 0 atom stereocenters. The van der Waals surface area contributed by atoms with E-state index in [1.54, 1.807) is 24.4 Å². The van der Waals surface area contributed by atoms with Gasteiger partial charge in [0.25, 0.3) is 0 Å². The van der Waals surface area contributed by atoms with Gasteiger partial charge in [0.1, 0.15) is 0 Å². The van der Waals surface area contributed by atoms with Gasteiger partial charge in [-0.25, -0.2) is 4.98 Å². The van der Waals surface area contributed by atoms with Crippen LogP contribution in [0.1, 0.15) is 5.56 Å². The lowest BCUT2D eigenvalue weighted by Gasteiger charge is -2.09. The molecule has 0 amide bonds. The number of ether oxygens (including phenoxy) is 1. The molecule has 5 heteroatoms. The van der Waals surface area contributed by atoms with Crippen LogP contribution in [0.5, 0.6) is 5.88 Å². The molecule has 0 aliphatic heterocycles. The lowest BCUT2D eigenvalue weighted by Crippen LogP contribution is -1.95. The lowest BCUT2D eigenvalue weighted by atomic mass is 10.0. The van der Waals surface area contributed by atoms with E-state index in [2.05, 4.69) is 11.1 Å². The van der Waals surface area contributed by atoms with Crippen molar-refractivity contribution in [1.82, 2.24) is 4.98 Å². The Balaban J connectivity index is 2.54. The molecule has 0 fully saturated rings. The zero-order chi connectivity index (χ0) is 13.8. The summed E-state index contributed by atoms with van der Waals surface area (Å²) in [5.41, 5.74) is 2.31. The van der Waals surface area contributed by atoms with Crippen LogP contribution >= 0.6 is 23.2 Å². The standard InChI is InChI=1S/C14H10Cl2N2O/c1-19-14-9(4-5-17)6-10(8-18-14)12-7-11(15)2-3-13(12)16/h2-3,6-8H,4H2,1H3. The molecule has 2 rings (SSSR count). The predicted octanol–water partition coefficient (Wildman–Crippen LogP) is 4.13. The molecule has 3 nitrogen and oxygen atoms in total. The maximum atomic E-state index is 8.82. The summed E-state index contributed by atoms with van der Waals surface area (Å²) in [5.74, 6) is 0.448. The van der Waals surface area contributed by atoms with Crippen LogP contribution < -0.4 is 4.74 Å². The van der Waals surface area contributed by atoms with Crippen molar-refractivity contribution < 1.29 is 4.74 Å². The third kappa shape index (κ3) is 2.98. The smallest absolute Gasteiger partial charge is 0.217 e. The van der Waals surface area contributed by atoms with E-state index < -0.39 is 0 Å². The number of aromatic nitrogens is 1. The molecule has 1 heterocycles. The minimum Gasteiger partial charge on any atom is -0.481 e. The van der Waals surface area contributed by atoms with E-state index in [4.69, 9.17) is 33.2 Å². The third-order valence-corrected chi connectivity index (χ3v) is 3.19. The van der Waals surface area contributed by atoms with Crippen LogP contribution in [0.15, 0.2) is 30.5 Å². The molecule has 0 bridgehead atoms. The first kappa shape index (κ1) is 13.7. The van der Waals surface area contributed by atoms with Gasteiger partial charge < -0.3 is 4.74 Å². The van der Waals surface area contributed by atoms with Gasteiger partial charge in [-0.3, -0.25) is 0 Å². The van der Waals surface area contributed by atoms with Crippen molar-refractivity contribution in [1.29, 1.82) is 5.26 Å². The van der Waals surface area contributed by atoms with Crippen molar-refractivity contribution in [3.05, 3.63) is 46.1 Å². The SMILES string of the molecule is COc1ncc(-c2cc(Cl)ccc2Cl)cc1CC#N. The highest BCUT2D eigenvalue weighted by Crippen LogP contribution is 2.32. The molecule has 0 N–H and O–H groups in total. The van der Waals surface area contributed by atoms with Gasteiger partial charge in [0, 0.05) is 32.9 Å². The van der Waals surface area contributed by atoms with Crippen molar-refractivity contribution in [2.45, 2.75) is 6.42 Å². The minimum atomic E-state index is 0.224. The van der Waals surface area contributed by atoms with Crippen LogP contribution in [-0.2, 0) is 6.42 Å². The highest BCUT2D eigenvalue weighted by atomic mass is 35.5. The largest absolute Gasteiger partial charge is 0.481 e. The number of hydrogen-bond donors (Lipinski definition) is 0. The molecule has 19 heavy (non-hydrogen) atoms. The highest BCUT2D eigenvalue weighted by molar-refractivity contribution is 6.35.